The second-order valence-electron chi connectivity index (χ2n) is 6.19. The predicted octanol–water partition coefficient (Wildman–Crippen LogP) is 4.57. The molecular weight excluding hydrogens is 361 g/mol. The molecule has 130 valence electrons. The van der Waals surface area contributed by atoms with Crippen molar-refractivity contribution in [3.63, 3.8) is 0 Å². The van der Waals surface area contributed by atoms with Gasteiger partial charge in [0.1, 0.15) is 5.75 Å². The van der Waals surface area contributed by atoms with Crippen molar-refractivity contribution in [1.29, 1.82) is 0 Å². The van der Waals surface area contributed by atoms with Gasteiger partial charge in [0.05, 0.1) is 16.6 Å². The fourth-order valence-corrected chi connectivity index (χ4v) is 3.19. The number of carbonyl (C=O) groups excluding carboxylic acids is 2. The molecule has 4 nitrogen and oxygen atoms in total. The van der Waals surface area contributed by atoms with Gasteiger partial charge < -0.3 is 9.64 Å². The minimum absolute atomic E-state index is 0.0898. The Labute approximate surface area is 156 Å². The molecule has 3 rings (SSSR count). The zero-order valence-electron chi connectivity index (χ0n) is 13.9. The van der Waals surface area contributed by atoms with Crippen molar-refractivity contribution < 1.29 is 14.3 Å². The van der Waals surface area contributed by atoms with E-state index in [1.165, 1.54) is 4.90 Å². The van der Waals surface area contributed by atoms with E-state index in [2.05, 4.69) is 0 Å². The molecule has 1 aliphatic heterocycles. The highest BCUT2D eigenvalue weighted by Crippen LogP contribution is 2.34. The van der Waals surface area contributed by atoms with E-state index in [0.717, 1.165) is 11.1 Å². The van der Waals surface area contributed by atoms with Crippen LogP contribution < -0.4 is 9.64 Å². The Morgan fingerprint density at radius 2 is 1.92 bits per heavy atom. The summed E-state index contributed by atoms with van der Waals surface area (Å²) in [6.45, 7) is 4.03. The minimum atomic E-state index is -0.539. The Morgan fingerprint density at radius 3 is 2.68 bits per heavy atom. The quantitative estimate of drug-likeness (QED) is 0.581. The van der Waals surface area contributed by atoms with E-state index in [1.54, 1.807) is 18.2 Å². The van der Waals surface area contributed by atoms with Gasteiger partial charge in [-0.1, -0.05) is 35.3 Å². The van der Waals surface area contributed by atoms with Gasteiger partial charge in [-0.05, 0) is 49.2 Å². The Kier molecular flexibility index (Phi) is 5.02. The maximum absolute atomic E-state index is 12.5. The molecule has 1 amide bonds. The summed E-state index contributed by atoms with van der Waals surface area (Å²) in [6.07, 6.45) is 0.0898. The Hall–Kier alpha value is -2.04. The molecule has 0 radical (unpaired) electrons. The smallest absolute Gasteiger partial charge is 0.316 e. The second kappa shape index (κ2) is 7.06. The number of hydrogen-bond donors (Lipinski definition) is 0. The van der Waals surface area contributed by atoms with Crippen LogP contribution in [0.4, 0.5) is 5.69 Å². The van der Waals surface area contributed by atoms with Crippen molar-refractivity contribution in [2.75, 3.05) is 11.4 Å². The molecule has 1 atom stereocenters. The van der Waals surface area contributed by atoms with Gasteiger partial charge in [-0.15, -0.1) is 0 Å². The van der Waals surface area contributed by atoms with Crippen LogP contribution in [0.3, 0.4) is 0 Å². The van der Waals surface area contributed by atoms with Crippen molar-refractivity contribution in [1.82, 2.24) is 0 Å². The third kappa shape index (κ3) is 3.80. The second-order valence-corrected chi connectivity index (χ2v) is 7.03. The van der Waals surface area contributed by atoms with E-state index >= 15 is 0 Å². The van der Waals surface area contributed by atoms with Crippen LogP contribution in [-0.2, 0) is 9.59 Å². The fourth-order valence-electron chi connectivity index (χ4n) is 2.80. The molecule has 0 aromatic heterocycles. The number of hydrogen-bond acceptors (Lipinski definition) is 3. The van der Waals surface area contributed by atoms with E-state index in [0.29, 0.717) is 21.5 Å². The molecule has 1 fully saturated rings. The van der Waals surface area contributed by atoms with Crippen molar-refractivity contribution in [2.24, 2.45) is 5.92 Å². The molecule has 1 heterocycles. The number of carbonyl (C=O) groups is 2. The van der Waals surface area contributed by atoms with Crippen LogP contribution in [0.1, 0.15) is 17.5 Å². The Bertz CT molecular complexity index is 851. The highest BCUT2D eigenvalue weighted by molar-refractivity contribution is 6.35. The van der Waals surface area contributed by atoms with E-state index in [9.17, 15) is 9.59 Å². The summed E-state index contributed by atoms with van der Waals surface area (Å²) in [5.41, 5.74) is 2.39. The number of halogens is 2. The molecule has 2 aromatic carbocycles. The van der Waals surface area contributed by atoms with Crippen LogP contribution in [0.5, 0.6) is 5.75 Å². The first-order valence-corrected chi connectivity index (χ1v) is 8.65. The molecule has 6 heteroatoms. The van der Waals surface area contributed by atoms with E-state index < -0.39 is 11.9 Å². The molecule has 2 aromatic rings. The van der Waals surface area contributed by atoms with Crippen LogP contribution in [0.2, 0.25) is 10.0 Å². The van der Waals surface area contributed by atoms with Crippen molar-refractivity contribution in [2.45, 2.75) is 20.3 Å². The number of anilines is 1. The topological polar surface area (TPSA) is 46.6 Å². The SMILES string of the molecule is Cc1ccc(C)c(OC(=O)[C@@H]2CC(=O)N(c3cc(Cl)ccc3Cl)C2)c1. The average molecular weight is 378 g/mol. The first kappa shape index (κ1) is 17.8. The highest BCUT2D eigenvalue weighted by Gasteiger charge is 2.37. The predicted molar refractivity (Wildman–Crippen MR) is 98.5 cm³/mol. The zero-order valence-corrected chi connectivity index (χ0v) is 15.4. The van der Waals surface area contributed by atoms with E-state index in [4.69, 9.17) is 27.9 Å². The maximum atomic E-state index is 12.5. The lowest BCUT2D eigenvalue weighted by molar-refractivity contribution is -0.139. The molecule has 0 bridgehead atoms. The van der Waals surface area contributed by atoms with Crippen molar-refractivity contribution in [3.05, 3.63) is 57.6 Å². The van der Waals surface area contributed by atoms with Gasteiger partial charge in [-0.25, -0.2) is 0 Å². The molecule has 0 aliphatic carbocycles. The average Bonchev–Trinajstić information content (AvgIpc) is 2.95. The first-order chi connectivity index (χ1) is 11.8. The zero-order chi connectivity index (χ0) is 18.1. The Morgan fingerprint density at radius 1 is 1.16 bits per heavy atom. The maximum Gasteiger partial charge on any atom is 0.316 e. The summed E-state index contributed by atoms with van der Waals surface area (Å²) in [5, 5.41) is 0.898. The van der Waals surface area contributed by atoms with Gasteiger partial charge in [0.15, 0.2) is 0 Å². The van der Waals surface area contributed by atoms with E-state index in [-0.39, 0.29) is 18.9 Å². The van der Waals surface area contributed by atoms with Crippen LogP contribution in [0.15, 0.2) is 36.4 Å². The van der Waals surface area contributed by atoms with Gasteiger partial charge in [-0.3, -0.25) is 9.59 Å². The fraction of sp³-hybridized carbons (Fsp3) is 0.263. The summed E-state index contributed by atoms with van der Waals surface area (Å²) in [7, 11) is 0. The standard InChI is InChI=1S/C19H17Cl2NO3/c1-11-3-4-12(2)17(7-11)25-19(24)13-8-18(23)22(10-13)16-9-14(20)5-6-15(16)21/h3-7,9,13H,8,10H2,1-2H3/t13-/m1/s1. The summed E-state index contributed by atoms with van der Waals surface area (Å²) in [6, 6.07) is 10.6. The van der Waals surface area contributed by atoms with Gasteiger partial charge in [0, 0.05) is 18.0 Å². The lowest BCUT2D eigenvalue weighted by Crippen LogP contribution is -2.27. The van der Waals surface area contributed by atoms with Crippen LogP contribution in [-0.4, -0.2) is 18.4 Å². The third-order valence-electron chi connectivity index (χ3n) is 4.21. The number of esters is 1. The van der Waals surface area contributed by atoms with Crippen LogP contribution >= 0.6 is 23.2 Å². The van der Waals surface area contributed by atoms with Crippen molar-refractivity contribution >= 4 is 40.8 Å². The van der Waals surface area contributed by atoms with Crippen molar-refractivity contribution in [3.8, 4) is 5.75 Å². The first-order valence-electron chi connectivity index (χ1n) is 7.89. The highest BCUT2D eigenvalue weighted by atomic mass is 35.5. The molecular formula is C19H17Cl2NO3. The number of benzene rings is 2. The molecule has 1 saturated heterocycles. The third-order valence-corrected chi connectivity index (χ3v) is 4.77. The lowest BCUT2D eigenvalue weighted by atomic mass is 10.1. The molecule has 0 N–H and O–H groups in total. The summed E-state index contributed by atoms with van der Waals surface area (Å²) < 4.78 is 5.52. The van der Waals surface area contributed by atoms with E-state index in [1.807, 2.05) is 32.0 Å². The Balaban J connectivity index is 1.77. The van der Waals surface area contributed by atoms with Crippen LogP contribution in [0, 0.1) is 19.8 Å². The molecule has 25 heavy (non-hydrogen) atoms. The number of nitrogens with zero attached hydrogens (tertiary/aromatic N) is 1. The number of ether oxygens (including phenoxy) is 1. The number of rotatable bonds is 3. The van der Waals surface area contributed by atoms with Crippen LogP contribution in [0.25, 0.3) is 0 Å². The monoisotopic (exact) mass is 377 g/mol. The summed E-state index contributed by atoms with van der Waals surface area (Å²) in [4.78, 5) is 26.3. The number of amides is 1. The normalized spacial score (nSPS) is 17.0. The minimum Gasteiger partial charge on any atom is -0.426 e. The molecule has 0 saturated carbocycles. The van der Waals surface area contributed by atoms with Gasteiger partial charge >= 0.3 is 5.97 Å². The molecule has 1 aliphatic rings. The van der Waals surface area contributed by atoms with Gasteiger partial charge in [0.25, 0.3) is 0 Å². The number of aryl methyl sites for hydroxylation is 2. The van der Waals surface area contributed by atoms with Gasteiger partial charge in [0.2, 0.25) is 5.91 Å². The molecule has 0 unspecified atom stereocenters. The summed E-state index contributed by atoms with van der Waals surface area (Å²) >= 11 is 12.2. The molecule has 0 spiro atoms. The lowest BCUT2D eigenvalue weighted by Gasteiger charge is -2.18. The summed E-state index contributed by atoms with van der Waals surface area (Å²) in [5.74, 6) is -0.603. The largest absolute Gasteiger partial charge is 0.426 e. The van der Waals surface area contributed by atoms with Gasteiger partial charge in [-0.2, -0.15) is 0 Å².